The van der Waals surface area contributed by atoms with Crippen LogP contribution < -0.4 is 14.5 Å². The molecule has 0 aromatic heterocycles. The third kappa shape index (κ3) is 3.63. The first-order valence-corrected chi connectivity index (χ1v) is 9.13. The zero-order chi connectivity index (χ0) is 17.2. The van der Waals surface area contributed by atoms with Crippen LogP contribution in [0, 0.1) is 0 Å². The van der Waals surface area contributed by atoms with Gasteiger partial charge in [-0.3, -0.25) is 4.55 Å². The van der Waals surface area contributed by atoms with E-state index in [2.05, 4.69) is 21.9 Å². The van der Waals surface area contributed by atoms with Crippen LogP contribution in [0.1, 0.15) is 0 Å². The number of piperazine rings is 1. The van der Waals surface area contributed by atoms with E-state index in [0.29, 0.717) is 0 Å². The van der Waals surface area contributed by atoms with Crippen LogP contribution in [0.25, 0.3) is 0 Å². The largest absolute Gasteiger partial charge is 0.497 e. The molecule has 0 spiro atoms. The van der Waals surface area contributed by atoms with Gasteiger partial charge in [0.2, 0.25) is 0 Å². The SMILES string of the molecule is COc1ccc(N2CCN(c3ccc(S(=O)(=O)O)cc3)CC2)cc1. The van der Waals surface area contributed by atoms with Gasteiger partial charge < -0.3 is 14.5 Å². The van der Waals surface area contributed by atoms with E-state index >= 15 is 0 Å². The number of hydrogen-bond acceptors (Lipinski definition) is 5. The van der Waals surface area contributed by atoms with E-state index in [0.717, 1.165) is 43.3 Å². The Hall–Kier alpha value is -2.25. The predicted molar refractivity (Wildman–Crippen MR) is 93.7 cm³/mol. The van der Waals surface area contributed by atoms with Crippen LogP contribution in [0.3, 0.4) is 0 Å². The lowest BCUT2D eigenvalue weighted by molar-refractivity contribution is 0.415. The minimum absolute atomic E-state index is 0.0804. The number of methoxy groups -OCH3 is 1. The molecular formula is C17H20N2O4S. The lowest BCUT2D eigenvalue weighted by Gasteiger charge is -2.37. The van der Waals surface area contributed by atoms with E-state index < -0.39 is 10.1 Å². The third-order valence-electron chi connectivity index (χ3n) is 4.22. The van der Waals surface area contributed by atoms with Crippen molar-refractivity contribution in [2.75, 3.05) is 43.1 Å². The number of anilines is 2. The average molecular weight is 348 g/mol. The molecule has 0 unspecified atom stereocenters. The van der Waals surface area contributed by atoms with Crippen molar-refractivity contribution in [3.63, 3.8) is 0 Å². The fourth-order valence-corrected chi connectivity index (χ4v) is 3.32. The average Bonchev–Trinajstić information content (AvgIpc) is 2.61. The first-order chi connectivity index (χ1) is 11.5. The summed E-state index contributed by atoms with van der Waals surface area (Å²) in [5.41, 5.74) is 2.12. The van der Waals surface area contributed by atoms with Crippen LogP contribution in [-0.4, -0.2) is 46.3 Å². The van der Waals surface area contributed by atoms with E-state index in [1.54, 1.807) is 19.2 Å². The Kier molecular flexibility index (Phi) is 4.64. The smallest absolute Gasteiger partial charge is 0.294 e. The normalized spacial score (nSPS) is 15.4. The summed E-state index contributed by atoms with van der Waals surface area (Å²) in [6.45, 7) is 3.45. The maximum atomic E-state index is 11.1. The molecule has 1 aliphatic rings. The molecule has 3 rings (SSSR count). The van der Waals surface area contributed by atoms with Crippen LogP contribution in [0.4, 0.5) is 11.4 Å². The monoisotopic (exact) mass is 348 g/mol. The van der Waals surface area contributed by atoms with Gasteiger partial charge in [0.1, 0.15) is 5.75 Å². The fourth-order valence-electron chi connectivity index (χ4n) is 2.84. The van der Waals surface area contributed by atoms with E-state index in [1.165, 1.54) is 12.1 Å². The molecule has 6 nitrogen and oxygen atoms in total. The lowest BCUT2D eigenvalue weighted by Crippen LogP contribution is -2.46. The van der Waals surface area contributed by atoms with Gasteiger partial charge >= 0.3 is 0 Å². The first-order valence-electron chi connectivity index (χ1n) is 7.69. The summed E-state index contributed by atoms with van der Waals surface area (Å²) in [5, 5.41) is 0. The van der Waals surface area contributed by atoms with Crippen molar-refractivity contribution in [1.82, 2.24) is 0 Å². The van der Waals surface area contributed by atoms with Crippen molar-refractivity contribution in [2.45, 2.75) is 4.90 Å². The summed E-state index contributed by atoms with van der Waals surface area (Å²) < 4.78 is 36.4. The Balaban J connectivity index is 1.64. The highest BCUT2D eigenvalue weighted by atomic mass is 32.2. The molecule has 0 atom stereocenters. The maximum Gasteiger partial charge on any atom is 0.294 e. The molecule has 0 radical (unpaired) electrons. The van der Waals surface area contributed by atoms with Gasteiger partial charge in [-0.25, -0.2) is 0 Å². The molecule has 2 aromatic rings. The summed E-state index contributed by atoms with van der Waals surface area (Å²) in [5.74, 6) is 0.844. The van der Waals surface area contributed by atoms with E-state index in [4.69, 9.17) is 9.29 Å². The molecule has 1 fully saturated rings. The van der Waals surface area contributed by atoms with Crippen LogP contribution in [0.2, 0.25) is 0 Å². The third-order valence-corrected chi connectivity index (χ3v) is 5.08. The highest BCUT2D eigenvalue weighted by molar-refractivity contribution is 7.85. The van der Waals surface area contributed by atoms with Gasteiger partial charge in [-0.15, -0.1) is 0 Å². The molecule has 1 saturated heterocycles. The first kappa shape index (κ1) is 16.6. The maximum absolute atomic E-state index is 11.1. The fraction of sp³-hybridized carbons (Fsp3) is 0.294. The molecular weight excluding hydrogens is 328 g/mol. The summed E-state index contributed by atoms with van der Waals surface area (Å²) in [7, 11) is -2.48. The van der Waals surface area contributed by atoms with Crippen LogP contribution in [0.15, 0.2) is 53.4 Å². The summed E-state index contributed by atoms with van der Waals surface area (Å²) in [4.78, 5) is 4.43. The Morgan fingerprint density at radius 1 is 0.833 bits per heavy atom. The summed E-state index contributed by atoms with van der Waals surface area (Å²) >= 11 is 0. The standard InChI is InChI=1S/C17H20N2O4S/c1-23-16-6-2-14(3-7-16)18-10-12-19(13-11-18)15-4-8-17(9-5-15)24(20,21)22/h2-9H,10-13H2,1H3,(H,20,21,22). The van der Waals surface area contributed by atoms with Crippen molar-refractivity contribution in [1.29, 1.82) is 0 Å². The quantitative estimate of drug-likeness (QED) is 0.855. The Labute approximate surface area is 142 Å². The van der Waals surface area contributed by atoms with Gasteiger partial charge in [0.05, 0.1) is 12.0 Å². The molecule has 0 aliphatic carbocycles. The minimum atomic E-state index is -4.14. The number of benzene rings is 2. The molecule has 1 heterocycles. The molecule has 7 heteroatoms. The molecule has 24 heavy (non-hydrogen) atoms. The zero-order valence-corrected chi connectivity index (χ0v) is 14.2. The van der Waals surface area contributed by atoms with E-state index in [-0.39, 0.29) is 4.90 Å². The molecule has 128 valence electrons. The van der Waals surface area contributed by atoms with Gasteiger partial charge in [-0.2, -0.15) is 8.42 Å². The second-order valence-electron chi connectivity index (χ2n) is 5.64. The Bertz CT molecular complexity index is 780. The highest BCUT2D eigenvalue weighted by Crippen LogP contribution is 2.23. The summed E-state index contributed by atoms with van der Waals surface area (Å²) in [6, 6.07) is 14.3. The number of nitrogens with zero attached hydrogens (tertiary/aromatic N) is 2. The molecule has 1 aliphatic heterocycles. The molecule has 2 aromatic carbocycles. The minimum Gasteiger partial charge on any atom is -0.497 e. The van der Waals surface area contributed by atoms with Crippen molar-refractivity contribution in [2.24, 2.45) is 0 Å². The highest BCUT2D eigenvalue weighted by Gasteiger charge is 2.18. The van der Waals surface area contributed by atoms with Gasteiger partial charge in [0.15, 0.2) is 0 Å². The number of hydrogen-bond donors (Lipinski definition) is 1. The predicted octanol–water partition coefficient (Wildman–Crippen LogP) is 2.27. The van der Waals surface area contributed by atoms with Gasteiger partial charge in [0, 0.05) is 37.6 Å². The van der Waals surface area contributed by atoms with Crippen LogP contribution >= 0.6 is 0 Å². The number of ether oxygens (including phenoxy) is 1. The van der Waals surface area contributed by atoms with Crippen molar-refractivity contribution in [3.05, 3.63) is 48.5 Å². The van der Waals surface area contributed by atoms with Crippen LogP contribution in [-0.2, 0) is 10.1 Å². The molecule has 0 amide bonds. The lowest BCUT2D eigenvalue weighted by atomic mass is 10.2. The van der Waals surface area contributed by atoms with Crippen molar-refractivity contribution >= 4 is 21.5 Å². The van der Waals surface area contributed by atoms with E-state index in [9.17, 15) is 8.42 Å². The Morgan fingerprint density at radius 3 is 1.62 bits per heavy atom. The van der Waals surface area contributed by atoms with Crippen molar-refractivity contribution < 1.29 is 17.7 Å². The topological polar surface area (TPSA) is 70.1 Å². The molecule has 1 N–H and O–H groups in total. The molecule has 0 saturated carbocycles. The van der Waals surface area contributed by atoms with Crippen molar-refractivity contribution in [3.8, 4) is 5.75 Å². The van der Waals surface area contributed by atoms with E-state index in [1.807, 2.05) is 12.1 Å². The second kappa shape index (κ2) is 6.70. The van der Waals surface area contributed by atoms with Gasteiger partial charge in [0.25, 0.3) is 10.1 Å². The van der Waals surface area contributed by atoms with Gasteiger partial charge in [-0.1, -0.05) is 0 Å². The second-order valence-corrected chi connectivity index (χ2v) is 7.06. The molecule has 0 bridgehead atoms. The Morgan fingerprint density at radius 2 is 1.25 bits per heavy atom. The van der Waals surface area contributed by atoms with Gasteiger partial charge in [-0.05, 0) is 48.5 Å². The van der Waals surface area contributed by atoms with Crippen LogP contribution in [0.5, 0.6) is 5.75 Å². The summed E-state index contributed by atoms with van der Waals surface area (Å²) in [6.07, 6.45) is 0. The zero-order valence-electron chi connectivity index (χ0n) is 13.4. The number of rotatable bonds is 4.